The van der Waals surface area contributed by atoms with Crippen LogP contribution in [0.5, 0.6) is 17.2 Å². The van der Waals surface area contributed by atoms with E-state index in [0.717, 1.165) is 19.3 Å². The molecule has 2 spiro atoms. The van der Waals surface area contributed by atoms with Gasteiger partial charge in [0.1, 0.15) is 36.1 Å². The fraction of sp³-hybridized carbons (Fsp3) is 0.636. The molecule has 11 rings (SSSR count). The van der Waals surface area contributed by atoms with Gasteiger partial charge < -0.3 is 54.9 Å². The van der Waals surface area contributed by atoms with Gasteiger partial charge in [0.15, 0.2) is 23.5 Å². The number of benzene rings is 2. The molecule has 340 valence electrons. The lowest BCUT2D eigenvalue weighted by atomic mass is 9.51. The molecule has 63 heavy (non-hydrogen) atoms. The number of alkyl carbamates (subject to hydrolysis) is 1. The molecule has 19 heteroatoms. The number of aromatic hydroxyl groups is 2. The summed E-state index contributed by atoms with van der Waals surface area (Å²) in [6, 6.07) is 3.28. The van der Waals surface area contributed by atoms with Crippen molar-refractivity contribution in [1.29, 1.82) is 0 Å². The average Bonchev–Trinajstić information content (AvgIpc) is 3.24. The zero-order valence-electron chi connectivity index (χ0n) is 34.7. The number of hydrogen-bond donors (Lipinski definition) is 7. The quantitative estimate of drug-likeness (QED) is 0.133. The number of amides is 1. The number of phenolic OH excluding ortho intramolecular Hbond substituents is 2. The van der Waals surface area contributed by atoms with Crippen LogP contribution in [0.4, 0.5) is 4.79 Å². The van der Waals surface area contributed by atoms with Crippen LogP contribution in [0, 0.1) is 17.8 Å². The normalized spacial score (nSPS) is 40.0. The number of aliphatic hydroxyl groups excluding tert-OH is 2. The molecule has 7 N–H and O–H groups in total. The van der Waals surface area contributed by atoms with Gasteiger partial charge >= 0.3 is 6.09 Å². The predicted molar refractivity (Wildman–Crippen MR) is 208 cm³/mol. The minimum atomic E-state index is -2.71. The Kier molecular flexibility index (Phi) is 10.3. The molecule has 9 aliphatic rings. The van der Waals surface area contributed by atoms with E-state index in [9.17, 15) is 49.8 Å². The monoisotopic (exact) mass is 881 g/mol. The first-order valence-electron chi connectivity index (χ1n) is 21.7. The number of ketones is 3. The Morgan fingerprint density at radius 1 is 0.889 bits per heavy atom. The molecule has 2 aromatic rings. The topological polar surface area (TPSA) is 276 Å². The van der Waals surface area contributed by atoms with Gasteiger partial charge in [0.2, 0.25) is 17.4 Å². The molecule has 7 unspecified atom stereocenters. The fourth-order valence-corrected chi connectivity index (χ4v) is 12.2. The van der Waals surface area contributed by atoms with Gasteiger partial charge in [-0.1, -0.05) is 12.1 Å². The van der Waals surface area contributed by atoms with E-state index in [2.05, 4.69) is 5.32 Å². The number of carbonyl (C=O) groups excluding carboxylic acids is 4. The van der Waals surface area contributed by atoms with Gasteiger partial charge in [0.25, 0.3) is 0 Å². The van der Waals surface area contributed by atoms with Crippen molar-refractivity contribution in [2.24, 2.45) is 17.8 Å². The molecule has 4 bridgehead atoms. The maximum Gasteiger partial charge on any atom is 0.407 e. The summed E-state index contributed by atoms with van der Waals surface area (Å²) in [6.45, 7) is 0.351. The van der Waals surface area contributed by atoms with Gasteiger partial charge in [0.05, 0.1) is 47.7 Å². The van der Waals surface area contributed by atoms with Gasteiger partial charge in [-0.05, 0) is 63.9 Å². The maximum atomic E-state index is 13.9. The summed E-state index contributed by atoms with van der Waals surface area (Å²) in [6.07, 6.45) is -1.97. The molecule has 1 amide bonds. The van der Waals surface area contributed by atoms with Gasteiger partial charge in [-0.25, -0.2) is 4.79 Å². The van der Waals surface area contributed by atoms with E-state index < -0.39 is 124 Å². The molecule has 7 fully saturated rings. The van der Waals surface area contributed by atoms with E-state index in [1.54, 1.807) is 6.92 Å². The van der Waals surface area contributed by atoms with Crippen LogP contribution in [0.2, 0.25) is 0 Å². The number of fused-ring (bicyclic) bond motifs is 3. The number of methoxy groups -OCH3 is 1. The average molecular weight is 882 g/mol. The third kappa shape index (κ3) is 6.69. The van der Waals surface area contributed by atoms with Gasteiger partial charge in [-0.3, -0.25) is 14.4 Å². The number of carbonyl (C=O) groups is 4. The molecule has 9 atom stereocenters. The summed E-state index contributed by atoms with van der Waals surface area (Å²) in [4.78, 5) is 78.7. The summed E-state index contributed by atoms with van der Waals surface area (Å²) >= 11 is 0. The third-order valence-corrected chi connectivity index (χ3v) is 14.9. The Morgan fingerprint density at radius 3 is 2.29 bits per heavy atom. The molecule has 19 nitrogen and oxygen atoms in total. The van der Waals surface area contributed by atoms with Crippen molar-refractivity contribution in [3.8, 4) is 17.2 Å². The zero-order chi connectivity index (χ0) is 44.4. The minimum Gasteiger partial charge on any atom is -0.507 e. The van der Waals surface area contributed by atoms with E-state index in [-0.39, 0.29) is 53.5 Å². The second-order valence-electron chi connectivity index (χ2n) is 18.9. The first kappa shape index (κ1) is 42.7. The van der Waals surface area contributed by atoms with Crippen molar-refractivity contribution in [3.05, 3.63) is 51.6 Å². The van der Waals surface area contributed by atoms with E-state index >= 15 is 0 Å². The lowest BCUT2D eigenvalue weighted by Gasteiger charge is -2.62. The van der Waals surface area contributed by atoms with Crippen LogP contribution in [-0.2, 0) is 50.6 Å². The smallest absolute Gasteiger partial charge is 0.407 e. The number of aliphatic hydroxyl groups is 4. The van der Waals surface area contributed by atoms with Gasteiger partial charge in [-0.2, -0.15) is 19.6 Å². The summed E-state index contributed by atoms with van der Waals surface area (Å²) in [5, 5.41) is 70.1. The predicted octanol–water partition coefficient (Wildman–Crippen LogP) is 2.37. The maximum absolute atomic E-state index is 13.9. The molecule has 2 aromatic carbocycles. The zero-order valence-corrected chi connectivity index (χ0v) is 34.7. The van der Waals surface area contributed by atoms with Crippen LogP contribution in [0.3, 0.4) is 0 Å². The van der Waals surface area contributed by atoms with E-state index in [4.69, 9.17) is 38.5 Å². The van der Waals surface area contributed by atoms with Crippen molar-refractivity contribution in [2.75, 3.05) is 13.7 Å². The van der Waals surface area contributed by atoms with Crippen LogP contribution in [-0.4, -0.2) is 122 Å². The number of Topliss-reactive ketones (excluding diaryl/α,β-unsaturated/α-hetero) is 1. The number of phenols is 2. The lowest BCUT2D eigenvalue weighted by Crippen LogP contribution is -2.68. The number of hydrogen-bond acceptors (Lipinski definition) is 18. The van der Waals surface area contributed by atoms with E-state index in [1.165, 1.54) is 25.3 Å². The fourth-order valence-electron chi connectivity index (χ4n) is 12.2. The Labute approximate surface area is 360 Å². The van der Waals surface area contributed by atoms with Crippen LogP contribution in [0.15, 0.2) is 18.2 Å². The first-order valence-corrected chi connectivity index (χ1v) is 21.7. The second-order valence-corrected chi connectivity index (χ2v) is 18.9. The van der Waals surface area contributed by atoms with Crippen molar-refractivity contribution >= 4 is 23.4 Å². The molecular formula is C44H51NO18. The molecule has 2 aliphatic heterocycles. The summed E-state index contributed by atoms with van der Waals surface area (Å²) in [5.74, 6) is -6.71. The Bertz CT molecular complexity index is 2240. The number of ether oxygens (including phenoxy) is 4. The van der Waals surface area contributed by atoms with Crippen LogP contribution in [0.1, 0.15) is 121 Å². The summed E-state index contributed by atoms with van der Waals surface area (Å²) < 4.78 is 23.3. The highest BCUT2D eigenvalue weighted by molar-refractivity contribution is 6.31. The van der Waals surface area contributed by atoms with Gasteiger partial charge in [0, 0.05) is 60.6 Å². The molecule has 5 saturated carbocycles. The van der Waals surface area contributed by atoms with E-state index in [1.807, 2.05) is 0 Å². The minimum absolute atomic E-state index is 0.0471. The highest BCUT2D eigenvalue weighted by atomic mass is 17.4. The van der Waals surface area contributed by atoms with Crippen LogP contribution < -0.4 is 10.1 Å². The van der Waals surface area contributed by atoms with Crippen LogP contribution >= 0.6 is 0 Å². The second kappa shape index (κ2) is 15.1. The SMILES string of the molecule is COc1cccc2c1C(=O)c1c(O)c3c(c(O)c1C2=O)[C@](O)(C(=O)CO)C[C@@H](OC1CC(NC(=O)OC2CCCC4(C2)OOC2(OO4)C4CC5CC2CC(O)(C5)C4)C(O)C(C)O1)C3. The number of rotatable bonds is 7. The largest absolute Gasteiger partial charge is 0.507 e. The van der Waals surface area contributed by atoms with Crippen molar-refractivity contribution in [1.82, 2.24) is 5.32 Å². The molecule has 2 heterocycles. The summed E-state index contributed by atoms with van der Waals surface area (Å²) in [5.41, 5.74) is -5.68. The third-order valence-electron chi connectivity index (χ3n) is 14.9. The molecule has 2 saturated heterocycles. The van der Waals surface area contributed by atoms with Crippen molar-refractivity contribution < 1.29 is 88.3 Å². The van der Waals surface area contributed by atoms with Gasteiger partial charge in [-0.15, -0.1) is 0 Å². The Hall–Kier alpha value is -4.28. The van der Waals surface area contributed by atoms with Crippen LogP contribution in [0.25, 0.3) is 0 Å². The first-order chi connectivity index (χ1) is 30.0. The van der Waals surface area contributed by atoms with E-state index in [0.29, 0.717) is 38.0 Å². The molecular weight excluding hydrogens is 830 g/mol. The lowest BCUT2D eigenvalue weighted by molar-refractivity contribution is -0.682. The van der Waals surface area contributed by atoms with Crippen molar-refractivity contribution in [2.45, 2.75) is 143 Å². The van der Waals surface area contributed by atoms with Crippen molar-refractivity contribution in [3.63, 3.8) is 0 Å². The Morgan fingerprint density at radius 2 is 1.60 bits per heavy atom. The number of nitrogens with one attached hydrogen (secondary N) is 1. The Balaban J connectivity index is 0.822. The highest BCUT2D eigenvalue weighted by Crippen LogP contribution is 2.63. The highest BCUT2D eigenvalue weighted by Gasteiger charge is 2.68. The molecule has 0 aromatic heterocycles. The summed E-state index contributed by atoms with van der Waals surface area (Å²) in [7, 11) is 1.30. The molecule has 0 radical (unpaired) electrons. The molecule has 7 aliphatic carbocycles. The standard InChI is InChI=1S/C44H51NO18/c1-19-35(48)27(45-40(53)59-23-5-4-8-42(16-23)60-62-44(63-61-42)21-9-20-10-22(44)15-41(54,13-20)14-21)12-30(57-19)58-24-11-26-34(43(55,17-24)29(47)18-46)39(52)33-32(37(26)50)38(51)31-25(36(33)49)6-3-7-28(31)56-2/h3,6-7,19-24,27,30,35,46,48,50,52,54-55H,4-5,8-18H2,1-2H3,(H,45,53)/t19?,20?,21?,22?,23?,24-,27?,30?,35?,41?,42?,43+,44?/m0/s1.